The summed E-state index contributed by atoms with van der Waals surface area (Å²) in [5, 5.41) is 0.781. The van der Waals surface area contributed by atoms with Crippen molar-refractivity contribution in [2.75, 3.05) is 13.1 Å². The van der Waals surface area contributed by atoms with Gasteiger partial charge in [-0.2, -0.15) is 0 Å². The molecule has 0 saturated carbocycles. The smallest absolute Gasteiger partial charge is 0.124 e. The number of aryl methyl sites for hydroxylation is 2. The minimum Gasteiger partial charge on any atom is -0.322 e. The van der Waals surface area contributed by atoms with Crippen LogP contribution < -0.4 is 0 Å². The number of rotatable bonds is 4. The normalized spacial score (nSPS) is 15.3. The van der Waals surface area contributed by atoms with Crippen LogP contribution in [0.4, 0.5) is 0 Å². The third-order valence-corrected chi connectivity index (χ3v) is 5.51. The monoisotopic (exact) mass is 353 g/mol. The molecule has 4 heteroatoms. The second kappa shape index (κ2) is 6.81. The van der Waals surface area contributed by atoms with Crippen LogP contribution in [0.15, 0.2) is 36.4 Å². The Kier molecular flexibility index (Phi) is 4.53. The van der Waals surface area contributed by atoms with Crippen molar-refractivity contribution in [1.82, 2.24) is 14.5 Å². The Morgan fingerprint density at radius 3 is 2.36 bits per heavy atom. The van der Waals surface area contributed by atoms with Crippen molar-refractivity contribution in [3.05, 3.63) is 63.9 Å². The zero-order valence-electron chi connectivity index (χ0n) is 14.9. The van der Waals surface area contributed by atoms with Crippen molar-refractivity contribution in [3.63, 3.8) is 0 Å². The topological polar surface area (TPSA) is 21.1 Å². The fourth-order valence-corrected chi connectivity index (χ4v) is 3.77. The molecule has 1 aliphatic rings. The second-order valence-electron chi connectivity index (χ2n) is 7.15. The Balaban J connectivity index is 1.76. The van der Waals surface area contributed by atoms with E-state index in [-0.39, 0.29) is 0 Å². The van der Waals surface area contributed by atoms with Gasteiger partial charge in [0.05, 0.1) is 17.6 Å². The van der Waals surface area contributed by atoms with Gasteiger partial charge in [-0.15, -0.1) is 0 Å². The Labute approximate surface area is 154 Å². The van der Waals surface area contributed by atoms with Gasteiger partial charge in [0.2, 0.25) is 0 Å². The quantitative estimate of drug-likeness (QED) is 0.661. The first-order valence-corrected chi connectivity index (χ1v) is 9.41. The average molecular weight is 354 g/mol. The molecule has 0 N–H and O–H groups in total. The predicted octanol–water partition coefficient (Wildman–Crippen LogP) is 4.95. The molecule has 0 amide bonds. The molecule has 0 atom stereocenters. The zero-order chi connectivity index (χ0) is 17.4. The third-order valence-electron chi connectivity index (χ3n) is 5.26. The van der Waals surface area contributed by atoms with Gasteiger partial charge in [-0.25, -0.2) is 4.98 Å². The first-order chi connectivity index (χ1) is 12.1. The Morgan fingerprint density at radius 2 is 1.64 bits per heavy atom. The summed E-state index contributed by atoms with van der Waals surface area (Å²) in [7, 11) is 0. The van der Waals surface area contributed by atoms with Crippen molar-refractivity contribution in [1.29, 1.82) is 0 Å². The summed E-state index contributed by atoms with van der Waals surface area (Å²) in [5.41, 5.74) is 6.21. The summed E-state index contributed by atoms with van der Waals surface area (Å²) >= 11 is 6.05. The zero-order valence-corrected chi connectivity index (χ0v) is 15.7. The van der Waals surface area contributed by atoms with Crippen molar-refractivity contribution in [2.24, 2.45) is 0 Å². The Hall–Kier alpha value is -1.84. The summed E-state index contributed by atoms with van der Waals surface area (Å²) in [6.07, 6.45) is 2.60. The highest BCUT2D eigenvalue weighted by molar-refractivity contribution is 6.30. The van der Waals surface area contributed by atoms with Gasteiger partial charge in [0, 0.05) is 11.6 Å². The Morgan fingerprint density at radius 1 is 0.960 bits per heavy atom. The van der Waals surface area contributed by atoms with E-state index in [1.165, 1.54) is 48.1 Å². The molecule has 3 aromatic rings. The number of fused-ring (bicyclic) bond motifs is 1. The van der Waals surface area contributed by atoms with E-state index in [1.54, 1.807) is 0 Å². The van der Waals surface area contributed by atoms with Crippen LogP contribution >= 0.6 is 11.6 Å². The molecule has 2 aromatic carbocycles. The van der Waals surface area contributed by atoms with Crippen LogP contribution in [-0.4, -0.2) is 27.5 Å². The molecule has 0 bridgehead atoms. The van der Waals surface area contributed by atoms with E-state index in [0.717, 1.165) is 29.5 Å². The van der Waals surface area contributed by atoms with Crippen molar-refractivity contribution in [2.45, 2.75) is 39.8 Å². The van der Waals surface area contributed by atoms with Crippen LogP contribution in [0.5, 0.6) is 0 Å². The highest BCUT2D eigenvalue weighted by Gasteiger charge is 2.18. The summed E-state index contributed by atoms with van der Waals surface area (Å²) in [6, 6.07) is 12.6. The van der Waals surface area contributed by atoms with E-state index in [0.29, 0.717) is 0 Å². The molecule has 3 nitrogen and oxygen atoms in total. The van der Waals surface area contributed by atoms with Crippen LogP contribution in [0, 0.1) is 13.8 Å². The average Bonchev–Trinajstić information content (AvgIpc) is 3.20. The number of halogens is 1. The van der Waals surface area contributed by atoms with E-state index in [1.807, 2.05) is 12.1 Å². The maximum absolute atomic E-state index is 6.05. The first kappa shape index (κ1) is 16.6. The molecular formula is C21H24ClN3. The van der Waals surface area contributed by atoms with Gasteiger partial charge in [0.1, 0.15) is 5.82 Å². The lowest BCUT2D eigenvalue weighted by molar-refractivity contribution is 0.318. The number of likely N-dealkylation sites (tertiary alicyclic amines) is 1. The molecule has 1 fully saturated rings. The summed E-state index contributed by atoms with van der Waals surface area (Å²) in [5.74, 6) is 1.16. The molecule has 1 aliphatic heterocycles. The van der Waals surface area contributed by atoms with Gasteiger partial charge >= 0.3 is 0 Å². The fourth-order valence-electron chi connectivity index (χ4n) is 3.64. The molecule has 0 spiro atoms. The highest BCUT2D eigenvalue weighted by Crippen LogP contribution is 2.24. The number of hydrogen-bond acceptors (Lipinski definition) is 2. The maximum atomic E-state index is 6.05. The van der Waals surface area contributed by atoms with E-state index in [4.69, 9.17) is 16.6 Å². The van der Waals surface area contributed by atoms with Crippen LogP contribution in [0.3, 0.4) is 0 Å². The number of aromatic nitrogens is 2. The summed E-state index contributed by atoms with van der Waals surface area (Å²) in [6.45, 7) is 8.46. The van der Waals surface area contributed by atoms with Gasteiger partial charge in [0.15, 0.2) is 0 Å². The molecule has 0 aliphatic carbocycles. The lowest BCUT2D eigenvalue weighted by atomic mass is 10.1. The van der Waals surface area contributed by atoms with Crippen LogP contribution in [0.25, 0.3) is 11.0 Å². The SMILES string of the molecule is Cc1cc2nc(CN3CCCC3)n(Cc3ccc(Cl)cc3)c2cc1C. The van der Waals surface area contributed by atoms with E-state index in [2.05, 4.69) is 47.6 Å². The molecule has 2 heterocycles. The second-order valence-corrected chi connectivity index (χ2v) is 7.59. The summed E-state index contributed by atoms with van der Waals surface area (Å²) < 4.78 is 2.38. The first-order valence-electron chi connectivity index (χ1n) is 9.03. The van der Waals surface area contributed by atoms with Gasteiger partial charge in [-0.3, -0.25) is 4.90 Å². The van der Waals surface area contributed by atoms with Crippen molar-refractivity contribution < 1.29 is 0 Å². The van der Waals surface area contributed by atoms with E-state index < -0.39 is 0 Å². The molecule has 130 valence electrons. The van der Waals surface area contributed by atoms with Gasteiger partial charge in [0.25, 0.3) is 0 Å². The van der Waals surface area contributed by atoms with Gasteiger partial charge in [-0.1, -0.05) is 23.7 Å². The maximum Gasteiger partial charge on any atom is 0.124 e. The van der Waals surface area contributed by atoms with Gasteiger partial charge < -0.3 is 4.57 Å². The number of nitrogens with zero attached hydrogens (tertiary/aromatic N) is 3. The lowest BCUT2D eigenvalue weighted by Crippen LogP contribution is -2.21. The number of imidazole rings is 1. The van der Waals surface area contributed by atoms with Crippen molar-refractivity contribution >= 4 is 22.6 Å². The molecule has 4 rings (SSSR count). The van der Waals surface area contributed by atoms with E-state index in [9.17, 15) is 0 Å². The van der Waals surface area contributed by atoms with Gasteiger partial charge in [-0.05, 0) is 80.7 Å². The number of hydrogen-bond donors (Lipinski definition) is 0. The lowest BCUT2D eigenvalue weighted by Gasteiger charge is -2.16. The number of benzene rings is 2. The van der Waals surface area contributed by atoms with Crippen LogP contribution in [0.1, 0.15) is 35.4 Å². The molecule has 1 saturated heterocycles. The molecule has 0 radical (unpaired) electrons. The molecule has 1 aromatic heterocycles. The molecule has 0 unspecified atom stereocenters. The van der Waals surface area contributed by atoms with Crippen LogP contribution in [0.2, 0.25) is 5.02 Å². The minimum atomic E-state index is 0.781. The largest absolute Gasteiger partial charge is 0.322 e. The summed E-state index contributed by atoms with van der Waals surface area (Å²) in [4.78, 5) is 7.50. The fraction of sp³-hybridized carbons (Fsp3) is 0.381. The van der Waals surface area contributed by atoms with E-state index >= 15 is 0 Å². The Bertz CT molecular complexity index is 890. The third kappa shape index (κ3) is 3.44. The van der Waals surface area contributed by atoms with Crippen LogP contribution in [-0.2, 0) is 13.1 Å². The predicted molar refractivity (Wildman–Crippen MR) is 104 cm³/mol. The molecular weight excluding hydrogens is 330 g/mol. The minimum absolute atomic E-state index is 0.781. The van der Waals surface area contributed by atoms with Crippen molar-refractivity contribution in [3.8, 4) is 0 Å². The highest BCUT2D eigenvalue weighted by atomic mass is 35.5. The standard InChI is InChI=1S/C21H24ClN3/c1-15-11-19-20(12-16(15)2)25(13-17-5-7-18(22)8-6-17)21(23-19)14-24-9-3-4-10-24/h5-8,11-12H,3-4,9-10,13-14H2,1-2H3. The molecule has 25 heavy (non-hydrogen) atoms.